The third-order valence-electron chi connectivity index (χ3n) is 1.86. The number of hydrogen-bond donors (Lipinski definition) is 4. The standard InChI is InChI=1S/C10H8O2.CH2O3/c11-8-5-1-3-7-4-2-6-9(12)10(7)8;2-1(3)4/h1-6,11-12H;(H2,2,3,4). The summed E-state index contributed by atoms with van der Waals surface area (Å²) in [6.45, 7) is 0. The summed E-state index contributed by atoms with van der Waals surface area (Å²) >= 11 is 0. The Balaban J connectivity index is 0.000000280. The molecule has 84 valence electrons. The molecule has 4 N–H and O–H groups in total. The van der Waals surface area contributed by atoms with Gasteiger partial charge in [-0.05, 0) is 17.5 Å². The molecule has 2 aromatic carbocycles. The highest BCUT2D eigenvalue weighted by Gasteiger charge is 2.02. The molecule has 0 heterocycles. The molecular formula is C11H10O5. The summed E-state index contributed by atoms with van der Waals surface area (Å²) in [5.41, 5.74) is 0. The van der Waals surface area contributed by atoms with Crippen molar-refractivity contribution in [3.8, 4) is 11.5 Å². The van der Waals surface area contributed by atoms with Crippen molar-refractivity contribution in [2.75, 3.05) is 0 Å². The maximum atomic E-state index is 9.39. The first-order chi connectivity index (χ1) is 7.52. The van der Waals surface area contributed by atoms with Crippen molar-refractivity contribution in [2.45, 2.75) is 0 Å². The number of carbonyl (C=O) groups is 1. The molecule has 5 heteroatoms. The summed E-state index contributed by atoms with van der Waals surface area (Å²) in [7, 11) is 0. The quantitative estimate of drug-likeness (QED) is 0.549. The second-order valence-corrected chi connectivity index (χ2v) is 2.93. The van der Waals surface area contributed by atoms with E-state index < -0.39 is 6.16 Å². The summed E-state index contributed by atoms with van der Waals surface area (Å²) < 4.78 is 0. The first-order valence-electron chi connectivity index (χ1n) is 4.34. The van der Waals surface area contributed by atoms with Crippen LogP contribution in [0.2, 0.25) is 0 Å². The van der Waals surface area contributed by atoms with Crippen LogP contribution in [-0.4, -0.2) is 26.6 Å². The Labute approximate surface area is 90.8 Å². The number of benzene rings is 2. The predicted octanol–water partition coefficient (Wildman–Crippen LogP) is 2.47. The van der Waals surface area contributed by atoms with Crippen molar-refractivity contribution in [1.29, 1.82) is 0 Å². The summed E-state index contributed by atoms with van der Waals surface area (Å²) in [6.07, 6.45) is -1.83. The van der Waals surface area contributed by atoms with Gasteiger partial charge in [-0.3, -0.25) is 0 Å². The van der Waals surface area contributed by atoms with E-state index in [0.717, 1.165) is 5.39 Å². The number of hydrogen-bond acceptors (Lipinski definition) is 3. The second kappa shape index (κ2) is 4.88. The van der Waals surface area contributed by atoms with Gasteiger partial charge in [0.25, 0.3) is 0 Å². The molecule has 0 unspecified atom stereocenters. The Hall–Kier alpha value is -2.43. The minimum absolute atomic E-state index is 0.116. The Kier molecular flexibility index (Phi) is 3.55. The second-order valence-electron chi connectivity index (χ2n) is 2.93. The zero-order valence-corrected chi connectivity index (χ0v) is 8.16. The fraction of sp³-hybridized carbons (Fsp3) is 0. The Morgan fingerprint density at radius 2 is 1.25 bits per heavy atom. The normalized spacial score (nSPS) is 9.25. The first kappa shape index (κ1) is 11.6. The lowest BCUT2D eigenvalue weighted by molar-refractivity contribution is 0.137. The zero-order valence-electron chi connectivity index (χ0n) is 8.16. The van der Waals surface area contributed by atoms with Crippen LogP contribution in [0.15, 0.2) is 36.4 Å². The van der Waals surface area contributed by atoms with Crippen LogP contribution in [0.3, 0.4) is 0 Å². The van der Waals surface area contributed by atoms with E-state index in [1.54, 1.807) is 24.3 Å². The van der Waals surface area contributed by atoms with Gasteiger partial charge in [-0.15, -0.1) is 0 Å². The molecule has 0 atom stereocenters. The molecule has 0 aromatic heterocycles. The van der Waals surface area contributed by atoms with Gasteiger partial charge in [-0.2, -0.15) is 0 Å². The fourth-order valence-electron chi connectivity index (χ4n) is 1.30. The van der Waals surface area contributed by atoms with E-state index >= 15 is 0 Å². The van der Waals surface area contributed by atoms with E-state index in [9.17, 15) is 10.2 Å². The van der Waals surface area contributed by atoms with Crippen molar-refractivity contribution in [3.63, 3.8) is 0 Å². The molecule has 0 radical (unpaired) electrons. The number of aromatic hydroxyl groups is 2. The highest BCUT2D eigenvalue weighted by atomic mass is 16.6. The monoisotopic (exact) mass is 222 g/mol. The third kappa shape index (κ3) is 2.78. The molecule has 2 aromatic rings. The molecule has 0 amide bonds. The van der Waals surface area contributed by atoms with Crippen LogP contribution in [-0.2, 0) is 0 Å². The molecule has 0 aliphatic carbocycles. The minimum Gasteiger partial charge on any atom is -0.507 e. The van der Waals surface area contributed by atoms with Gasteiger partial charge in [0.1, 0.15) is 11.5 Å². The van der Waals surface area contributed by atoms with Gasteiger partial charge in [0, 0.05) is 0 Å². The molecule has 0 saturated carbocycles. The van der Waals surface area contributed by atoms with E-state index in [0.29, 0.717) is 5.39 Å². The van der Waals surface area contributed by atoms with Crippen LogP contribution in [0.1, 0.15) is 0 Å². The lowest BCUT2D eigenvalue weighted by Gasteiger charge is -2.01. The topological polar surface area (TPSA) is 98.0 Å². The number of carboxylic acid groups (broad SMARTS) is 2. The van der Waals surface area contributed by atoms with Crippen LogP contribution < -0.4 is 0 Å². The van der Waals surface area contributed by atoms with E-state index in [2.05, 4.69) is 0 Å². The summed E-state index contributed by atoms with van der Waals surface area (Å²) in [4.78, 5) is 8.56. The van der Waals surface area contributed by atoms with Gasteiger partial charge in [-0.1, -0.05) is 24.3 Å². The van der Waals surface area contributed by atoms with Gasteiger partial charge in [0.05, 0.1) is 5.39 Å². The summed E-state index contributed by atoms with van der Waals surface area (Å²) in [5.74, 6) is 0.233. The first-order valence-corrected chi connectivity index (χ1v) is 4.34. The Morgan fingerprint density at radius 1 is 0.875 bits per heavy atom. The minimum atomic E-state index is -1.83. The van der Waals surface area contributed by atoms with Crippen molar-refractivity contribution < 1.29 is 25.2 Å². The number of phenols is 2. The van der Waals surface area contributed by atoms with Crippen LogP contribution in [0.25, 0.3) is 10.8 Å². The maximum absolute atomic E-state index is 9.39. The lowest BCUT2D eigenvalue weighted by atomic mass is 10.1. The molecule has 5 nitrogen and oxygen atoms in total. The van der Waals surface area contributed by atoms with Crippen molar-refractivity contribution in [3.05, 3.63) is 36.4 Å². The molecule has 0 bridgehead atoms. The number of fused-ring (bicyclic) bond motifs is 1. The van der Waals surface area contributed by atoms with Crippen LogP contribution in [0, 0.1) is 0 Å². The third-order valence-corrected chi connectivity index (χ3v) is 1.86. The van der Waals surface area contributed by atoms with E-state index in [1.807, 2.05) is 12.1 Å². The smallest absolute Gasteiger partial charge is 0.503 e. The highest BCUT2D eigenvalue weighted by molar-refractivity contribution is 5.93. The zero-order chi connectivity index (χ0) is 12.1. The summed E-state index contributed by atoms with van der Waals surface area (Å²) in [6, 6.07) is 10.3. The molecule has 0 aliphatic rings. The molecule has 0 fully saturated rings. The average Bonchev–Trinajstić information content (AvgIpc) is 2.17. The van der Waals surface area contributed by atoms with Gasteiger partial charge < -0.3 is 20.4 Å². The molecule has 0 saturated heterocycles. The van der Waals surface area contributed by atoms with Crippen LogP contribution in [0.5, 0.6) is 11.5 Å². The Morgan fingerprint density at radius 3 is 1.56 bits per heavy atom. The highest BCUT2D eigenvalue weighted by Crippen LogP contribution is 2.31. The number of rotatable bonds is 0. The molecule has 0 spiro atoms. The van der Waals surface area contributed by atoms with E-state index in [1.165, 1.54) is 0 Å². The molecule has 16 heavy (non-hydrogen) atoms. The fourth-order valence-corrected chi connectivity index (χ4v) is 1.30. The van der Waals surface area contributed by atoms with Gasteiger partial charge in [0.2, 0.25) is 0 Å². The number of phenolic OH excluding ortho intramolecular Hbond substituents is 2. The van der Waals surface area contributed by atoms with Gasteiger partial charge in [-0.25, -0.2) is 4.79 Å². The average molecular weight is 222 g/mol. The lowest BCUT2D eigenvalue weighted by Crippen LogP contribution is -1.81. The van der Waals surface area contributed by atoms with Gasteiger partial charge >= 0.3 is 6.16 Å². The van der Waals surface area contributed by atoms with Crippen LogP contribution in [0.4, 0.5) is 4.79 Å². The summed E-state index contributed by atoms with van der Waals surface area (Å²) in [5, 5.41) is 34.1. The largest absolute Gasteiger partial charge is 0.507 e. The van der Waals surface area contributed by atoms with E-state index in [-0.39, 0.29) is 11.5 Å². The Bertz CT molecular complexity index is 466. The molecule has 0 aliphatic heterocycles. The SMILES string of the molecule is O=C(O)O.Oc1cccc2cccc(O)c12. The van der Waals surface area contributed by atoms with Crippen molar-refractivity contribution >= 4 is 16.9 Å². The maximum Gasteiger partial charge on any atom is 0.503 e. The molecular weight excluding hydrogens is 212 g/mol. The molecule has 2 rings (SSSR count). The van der Waals surface area contributed by atoms with Crippen LogP contribution >= 0.6 is 0 Å². The predicted molar refractivity (Wildman–Crippen MR) is 57.9 cm³/mol. The van der Waals surface area contributed by atoms with Gasteiger partial charge in [0.15, 0.2) is 0 Å². The van der Waals surface area contributed by atoms with Crippen molar-refractivity contribution in [1.82, 2.24) is 0 Å². The van der Waals surface area contributed by atoms with Crippen molar-refractivity contribution in [2.24, 2.45) is 0 Å². The van der Waals surface area contributed by atoms with E-state index in [4.69, 9.17) is 15.0 Å².